The van der Waals surface area contributed by atoms with Crippen molar-refractivity contribution >= 4 is 28.6 Å². The average Bonchev–Trinajstić information content (AvgIpc) is 3.25. The number of nitrogens with two attached hydrogens (primary N) is 1. The van der Waals surface area contributed by atoms with Gasteiger partial charge in [0.15, 0.2) is 0 Å². The van der Waals surface area contributed by atoms with Crippen LogP contribution in [0.4, 0.5) is 15.8 Å². The number of hydrogen-bond acceptors (Lipinski definition) is 7. The van der Waals surface area contributed by atoms with Crippen molar-refractivity contribution in [1.82, 2.24) is 15.0 Å². The first-order chi connectivity index (χ1) is 14.5. The Morgan fingerprint density at radius 3 is 2.87 bits per heavy atom. The summed E-state index contributed by atoms with van der Waals surface area (Å²) in [5.74, 6) is -0.363. The third-order valence-electron chi connectivity index (χ3n) is 5.15. The van der Waals surface area contributed by atoms with Gasteiger partial charge in [-0.1, -0.05) is 6.07 Å². The standard InChI is InChI=1S/C20H21FN6O2S/c21-14-2-1-3-15(17(14)27-6-4-12(8-22)5-7-27)25-18(28)16-11-30-19(26-16)13-9-23-20(29)24-10-13/h1-3,9-12H,4-8,22H2,(H,25,28)(H,23,24,29). The van der Waals surface area contributed by atoms with Crippen molar-refractivity contribution in [2.75, 3.05) is 29.9 Å². The molecule has 1 aliphatic rings. The third kappa shape index (κ3) is 4.24. The Bertz CT molecular complexity index is 1090. The number of aromatic amines is 1. The molecule has 3 aromatic rings. The lowest BCUT2D eigenvalue weighted by molar-refractivity contribution is 0.102. The third-order valence-corrected chi connectivity index (χ3v) is 6.05. The quantitative estimate of drug-likeness (QED) is 0.575. The number of para-hydroxylation sites is 1. The average molecular weight is 428 g/mol. The van der Waals surface area contributed by atoms with E-state index in [0.717, 1.165) is 12.8 Å². The van der Waals surface area contributed by atoms with Gasteiger partial charge in [-0.2, -0.15) is 0 Å². The molecule has 30 heavy (non-hydrogen) atoms. The van der Waals surface area contributed by atoms with Crippen LogP contribution in [0.25, 0.3) is 10.6 Å². The number of piperidine rings is 1. The normalized spacial score (nSPS) is 14.7. The SMILES string of the molecule is NCC1CCN(c2c(F)cccc2NC(=O)c2csc(-c3cnc(=O)[nH]c3)n2)CC1. The lowest BCUT2D eigenvalue weighted by Crippen LogP contribution is -2.37. The van der Waals surface area contributed by atoms with Gasteiger partial charge in [-0.3, -0.25) is 4.79 Å². The number of carbonyl (C=O) groups is 1. The van der Waals surface area contributed by atoms with Crippen LogP contribution in [0.2, 0.25) is 0 Å². The molecule has 10 heteroatoms. The van der Waals surface area contributed by atoms with Crippen molar-refractivity contribution in [1.29, 1.82) is 0 Å². The maximum Gasteiger partial charge on any atom is 0.344 e. The fraction of sp³-hybridized carbons (Fsp3) is 0.300. The summed E-state index contributed by atoms with van der Waals surface area (Å²) < 4.78 is 14.7. The second-order valence-corrected chi connectivity index (χ2v) is 7.96. The molecule has 1 saturated heterocycles. The number of aromatic nitrogens is 3. The lowest BCUT2D eigenvalue weighted by Gasteiger charge is -2.34. The van der Waals surface area contributed by atoms with Crippen LogP contribution in [0, 0.1) is 11.7 Å². The second kappa shape index (κ2) is 8.72. The van der Waals surface area contributed by atoms with Gasteiger partial charge in [0.25, 0.3) is 5.91 Å². The van der Waals surface area contributed by atoms with Gasteiger partial charge in [-0.05, 0) is 37.4 Å². The Labute approximate surface area is 176 Å². The molecule has 1 aromatic carbocycles. The molecular weight excluding hydrogens is 407 g/mol. The minimum atomic E-state index is -0.456. The first-order valence-corrected chi connectivity index (χ1v) is 10.5. The molecule has 1 aliphatic heterocycles. The number of amides is 1. The van der Waals surface area contributed by atoms with E-state index >= 15 is 0 Å². The number of rotatable bonds is 5. The molecular formula is C20H21FN6O2S. The Kier molecular flexibility index (Phi) is 5.86. The number of hydrogen-bond donors (Lipinski definition) is 3. The Balaban J connectivity index is 1.53. The largest absolute Gasteiger partial charge is 0.367 e. The van der Waals surface area contributed by atoms with Crippen LogP contribution >= 0.6 is 11.3 Å². The number of nitrogens with one attached hydrogen (secondary N) is 2. The summed E-state index contributed by atoms with van der Waals surface area (Å²) in [4.78, 5) is 36.3. The topological polar surface area (TPSA) is 117 Å². The zero-order chi connectivity index (χ0) is 21.1. The Hall–Kier alpha value is -3.11. The van der Waals surface area contributed by atoms with E-state index in [2.05, 4.69) is 20.3 Å². The van der Waals surface area contributed by atoms with Gasteiger partial charge in [0.2, 0.25) is 0 Å². The molecule has 0 atom stereocenters. The number of benzene rings is 1. The van der Waals surface area contributed by atoms with E-state index < -0.39 is 11.6 Å². The Morgan fingerprint density at radius 2 is 2.17 bits per heavy atom. The molecule has 0 saturated carbocycles. The van der Waals surface area contributed by atoms with Crippen molar-refractivity contribution < 1.29 is 9.18 Å². The van der Waals surface area contributed by atoms with Crippen LogP contribution < -0.4 is 21.6 Å². The molecule has 0 radical (unpaired) electrons. The number of halogens is 1. The summed E-state index contributed by atoms with van der Waals surface area (Å²) in [7, 11) is 0. The molecule has 156 valence electrons. The van der Waals surface area contributed by atoms with Gasteiger partial charge in [-0.25, -0.2) is 19.2 Å². The highest BCUT2D eigenvalue weighted by Gasteiger charge is 2.24. The zero-order valence-corrected chi connectivity index (χ0v) is 16.9. The van der Waals surface area contributed by atoms with Crippen LogP contribution in [0.3, 0.4) is 0 Å². The summed E-state index contributed by atoms with van der Waals surface area (Å²) in [5.41, 5.74) is 6.91. The number of nitrogens with zero attached hydrogens (tertiary/aromatic N) is 3. The summed E-state index contributed by atoms with van der Waals surface area (Å²) in [6.07, 6.45) is 4.67. The first kappa shape index (κ1) is 20.2. The minimum absolute atomic E-state index is 0.207. The zero-order valence-electron chi connectivity index (χ0n) is 16.1. The molecule has 4 rings (SSSR count). The van der Waals surface area contributed by atoms with Gasteiger partial charge in [0, 0.05) is 36.4 Å². The van der Waals surface area contributed by atoms with Gasteiger partial charge in [0.1, 0.15) is 16.5 Å². The van der Waals surface area contributed by atoms with E-state index in [1.54, 1.807) is 17.5 Å². The summed E-state index contributed by atoms with van der Waals surface area (Å²) >= 11 is 1.26. The van der Waals surface area contributed by atoms with E-state index in [0.29, 0.717) is 47.5 Å². The molecule has 0 spiro atoms. The van der Waals surface area contributed by atoms with Crippen molar-refractivity contribution in [2.24, 2.45) is 11.7 Å². The number of anilines is 2. The summed E-state index contributed by atoms with van der Waals surface area (Å²) in [5, 5.41) is 4.95. The van der Waals surface area contributed by atoms with E-state index in [1.165, 1.54) is 29.8 Å². The number of carbonyl (C=O) groups excluding carboxylic acids is 1. The highest BCUT2D eigenvalue weighted by Crippen LogP contribution is 2.33. The molecule has 0 aliphatic carbocycles. The fourth-order valence-corrected chi connectivity index (χ4v) is 4.27. The fourth-order valence-electron chi connectivity index (χ4n) is 3.49. The summed E-state index contributed by atoms with van der Waals surface area (Å²) in [6, 6.07) is 4.65. The smallest absolute Gasteiger partial charge is 0.344 e. The minimum Gasteiger partial charge on any atom is -0.367 e. The molecule has 4 N–H and O–H groups in total. The van der Waals surface area contributed by atoms with Gasteiger partial charge < -0.3 is 20.9 Å². The second-order valence-electron chi connectivity index (χ2n) is 7.10. The van der Waals surface area contributed by atoms with E-state index in [9.17, 15) is 14.0 Å². The molecule has 2 aromatic heterocycles. The van der Waals surface area contributed by atoms with Crippen LogP contribution in [-0.2, 0) is 0 Å². The predicted molar refractivity (Wildman–Crippen MR) is 114 cm³/mol. The first-order valence-electron chi connectivity index (χ1n) is 9.60. The van der Waals surface area contributed by atoms with Crippen molar-refractivity contribution in [3.8, 4) is 10.6 Å². The van der Waals surface area contributed by atoms with E-state index in [-0.39, 0.29) is 11.5 Å². The Morgan fingerprint density at radius 1 is 1.37 bits per heavy atom. The molecule has 0 bridgehead atoms. The number of thiazole rings is 1. The van der Waals surface area contributed by atoms with Crippen LogP contribution in [-0.4, -0.2) is 40.5 Å². The predicted octanol–water partition coefficient (Wildman–Crippen LogP) is 2.46. The number of H-pyrrole nitrogens is 1. The van der Waals surface area contributed by atoms with Crippen molar-refractivity contribution in [2.45, 2.75) is 12.8 Å². The van der Waals surface area contributed by atoms with Crippen LogP contribution in [0.5, 0.6) is 0 Å². The van der Waals surface area contributed by atoms with Gasteiger partial charge >= 0.3 is 5.69 Å². The van der Waals surface area contributed by atoms with E-state index in [1.807, 2.05) is 4.90 Å². The molecule has 3 heterocycles. The lowest BCUT2D eigenvalue weighted by atomic mass is 9.96. The highest BCUT2D eigenvalue weighted by atomic mass is 32.1. The molecule has 8 nitrogen and oxygen atoms in total. The molecule has 1 fully saturated rings. The van der Waals surface area contributed by atoms with Gasteiger partial charge in [-0.15, -0.1) is 11.3 Å². The highest BCUT2D eigenvalue weighted by molar-refractivity contribution is 7.13. The summed E-state index contributed by atoms with van der Waals surface area (Å²) in [6.45, 7) is 2.00. The maximum atomic E-state index is 14.7. The van der Waals surface area contributed by atoms with Crippen molar-refractivity contribution in [3.63, 3.8) is 0 Å². The van der Waals surface area contributed by atoms with Crippen molar-refractivity contribution in [3.05, 3.63) is 58.0 Å². The van der Waals surface area contributed by atoms with Gasteiger partial charge in [0.05, 0.1) is 11.4 Å². The maximum absolute atomic E-state index is 14.7. The van der Waals surface area contributed by atoms with Crippen LogP contribution in [0.15, 0.2) is 40.8 Å². The monoisotopic (exact) mass is 428 g/mol. The van der Waals surface area contributed by atoms with Crippen LogP contribution in [0.1, 0.15) is 23.3 Å². The van der Waals surface area contributed by atoms with E-state index in [4.69, 9.17) is 5.73 Å². The molecule has 0 unspecified atom stereocenters. The molecule has 1 amide bonds.